The van der Waals surface area contributed by atoms with Gasteiger partial charge in [-0.1, -0.05) is 18.6 Å². The van der Waals surface area contributed by atoms with E-state index in [2.05, 4.69) is 0 Å². The second-order valence-corrected chi connectivity index (χ2v) is 6.42. The summed E-state index contributed by atoms with van der Waals surface area (Å²) >= 11 is 0. The van der Waals surface area contributed by atoms with Crippen LogP contribution in [0.25, 0.3) is 0 Å². The monoisotopic (exact) mass is 402 g/mol. The first-order valence-corrected chi connectivity index (χ1v) is 8.98. The lowest BCUT2D eigenvalue weighted by molar-refractivity contribution is 0.00296. The second-order valence-electron chi connectivity index (χ2n) is 6.42. The standard InChI is InChI=1S/C21H24F2N4O2/c1-3-12(2)4-9-19(28-17-7-5-13(20(24)25)10-15(17)22)29-18-8-6-14(21(26)27)11-16(18)23/h4-8,10-11,19H,3,9H2,1-2H3,(H3,24,25)(H3,26,27)/b12-4-. The number of halogens is 2. The van der Waals surface area contributed by atoms with Crippen molar-refractivity contribution in [3.05, 3.63) is 70.8 Å². The molecule has 0 atom stereocenters. The molecule has 0 amide bonds. The first-order chi connectivity index (χ1) is 13.7. The van der Waals surface area contributed by atoms with Crippen molar-refractivity contribution in [2.75, 3.05) is 0 Å². The Hall–Kier alpha value is -3.42. The summed E-state index contributed by atoms with van der Waals surface area (Å²) in [6.45, 7) is 3.92. The molecule has 8 heteroatoms. The summed E-state index contributed by atoms with van der Waals surface area (Å²) in [6, 6.07) is 7.76. The summed E-state index contributed by atoms with van der Waals surface area (Å²) in [6.07, 6.45) is 1.93. The number of hydrogen-bond acceptors (Lipinski definition) is 4. The summed E-state index contributed by atoms with van der Waals surface area (Å²) in [5.74, 6) is -2.17. The minimum atomic E-state index is -1.01. The summed E-state index contributed by atoms with van der Waals surface area (Å²) in [7, 11) is 0. The summed E-state index contributed by atoms with van der Waals surface area (Å²) in [5, 5.41) is 14.7. The van der Waals surface area contributed by atoms with Gasteiger partial charge in [-0.05, 0) is 49.7 Å². The van der Waals surface area contributed by atoms with Crippen molar-refractivity contribution in [3.63, 3.8) is 0 Å². The van der Waals surface area contributed by atoms with Crippen LogP contribution < -0.4 is 20.9 Å². The largest absolute Gasteiger partial charge is 0.451 e. The molecule has 0 fully saturated rings. The lowest BCUT2D eigenvalue weighted by Crippen LogP contribution is -2.25. The molecule has 0 spiro atoms. The van der Waals surface area contributed by atoms with Crippen LogP contribution in [0, 0.1) is 22.5 Å². The number of rotatable bonds is 9. The number of nitrogens with two attached hydrogens (primary N) is 2. The van der Waals surface area contributed by atoms with Crippen molar-refractivity contribution in [1.82, 2.24) is 0 Å². The van der Waals surface area contributed by atoms with Crippen LogP contribution >= 0.6 is 0 Å². The fourth-order valence-corrected chi connectivity index (χ4v) is 2.37. The van der Waals surface area contributed by atoms with Crippen molar-refractivity contribution in [2.24, 2.45) is 11.5 Å². The van der Waals surface area contributed by atoms with Gasteiger partial charge in [-0.2, -0.15) is 0 Å². The van der Waals surface area contributed by atoms with Crippen LogP contribution in [0.3, 0.4) is 0 Å². The van der Waals surface area contributed by atoms with E-state index in [4.69, 9.17) is 31.8 Å². The first-order valence-electron chi connectivity index (χ1n) is 8.98. The highest BCUT2D eigenvalue weighted by Gasteiger charge is 2.17. The molecule has 6 nitrogen and oxygen atoms in total. The van der Waals surface area contributed by atoms with Gasteiger partial charge in [0.05, 0.1) is 0 Å². The van der Waals surface area contributed by atoms with Gasteiger partial charge in [0.1, 0.15) is 11.7 Å². The van der Waals surface area contributed by atoms with Crippen LogP contribution in [0.15, 0.2) is 48.0 Å². The van der Waals surface area contributed by atoms with Crippen molar-refractivity contribution in [1.29, 1.82) is 10.8 Å². The molecule has 0 bridgehead atoms. The minimum Gasteiger partial charge on any atom is -0.451 e. The second kappa shape index (κ2) is 9.68. The number of amidine groups is 2. The van der Waals surface area contributed by atoms with Crippen LogP contribution in [0.4, 0.5) is 8.78 Å². The van der Waals surface area contributed by atoms with Gasteiger partial charge in [0.2, 0.25) is 6.29 Å². The fourth-order valence-electron chi connectivity index (χ4n) is 2.37. The lowest BCUT2D eigenvalue weighted by Gasteiger charge is -2.21. The maximum Gasteiger partial charge on any atom is 0.244 e. The molecule has 6 N–H and O–H groups in total. The Labute approximate surface area is 168 Å². The zero-order valence-corrected chi connectivity index (χ0v) is 16.3. The normalized spacial score (nSPS) is 12.3. The van der Waals surface area contributed by atoms with Gasteiger partial charge < -0.3 is 20.9 Å². The molecule has 0 aliphatic carbocycles. The van der Waals surface area contributed by atoms with Gasteiger partial charge in [-0.3, -0.25) is 10.8 Å². The average molecular weight is 402 g/mol. The number of benzene rings is 2. The van der Waals surface area contributed by atoms with E-state index in [0.29, 0.717) is 0 Å². The van der Waals surface area contributed by atoms with Gasteiger partial charge in [0.15, 0.2) is 23.1 Å². The topological polar surface area (TPSA) is 118 Å². The smallest absolute Gasteiger partial charge is 0.244 e. The molecule has 0 saturated heterocycles. The molecule has 0 heterocycles. The molecule has 2 rings (SSSR count). The average Bonchev–Trinajstić information content (AvgIpc) is 2.68. The maximum atomic E-state index is 14.3. The number of hydrogen-bond donors (Lipinski definition) is 4. The van der Waals surface area contributed by atoms with E-state index in [1.54, 1.807) is 0 Å². The van der Waals surface area contributed by atoms with E-state index >= 15 is 0 Å². The van der Waals surface area contributed by atoms with Gasteiger partial charge in [0.25, 0.3) is 0 Å². The Morgan fingerprint density at radius 2 is 1.41 bits per heavy atom. The van der Waals surface area contributed by atoms with E-state index < -0.39 is 17.9 Å². The SMILES string of the molecule is CC/C(C)=C\CC(Oc1ccc(C(=N)N)cc1F)Oc1ccc(C(=N)N)cc1F. The molecule has 2 aromatic rings. The highest BCUT2D eigenvalue weighted by Crippen LogP contribution is 2.25. The predicted octanol–water partition coefficient (Wildman–Crippen LogP) is 4.06. The third kappa shape index (κ3) is 6.03. The van der Waals surface area contributed by atoms with Crippen LogP contribution in [-0.4, -0.2) is 18.0 Å². The Bertz CT molecular complexity index is 879. The minimum absolute atomic E-state index is 0.108. The molecule has 0 aromatic heterocycles. The molecule has 29 heavy (non-hydrogen) atoms. The van der Waals surface area contributed by atoms with Crippen molar-refractivity contribution in [2.45, 2.75) is 33.0 Å². The van der Waals surface area contributed by atoms with Gasteiger partial charge >= 0.3 is 0 Å². The van der Waals surface area contributed by atoms with Crippen LogP contribution in [0.1, 0.15) is 37.8 Å². The Morgan fingerprint density at radius 3 is 1.76 bits per heavy atom. The quantitative estimate of drug-likeness (QED) is 0.219. The predicted molar refractivity (Wildman–Crippen MR) is 109 cm³/mol. The van der Waals surface area contributed by atoms with Crippen LogP contribution in [-0.2, 0) is 0 Å². The third-order valence-electron chi connectivity index (χ3n) is 4.22. The highest BCUT2D eigenvalue weighted by molar-refractivity contribution is 5.95. The molecule has 154 valence electrons. The fraction of sp³-hybridized carbons (Fsp3) is 0.238. The lowest BCUT2D eigenvalue weighted by atomic mass is 10.2. The van der Waals surface area contributed by atoms with Crippen molar-refractivity contribution >= 4 is 11.7 Å². The van der Waals surface area contributed by atoms with E-state index in [1.807, 2.05) is 19.9 Å². The van der Waals surface area contributed by atoms with Gasteiger partial charge in [0, 0.05) is 17.5 Å². The summed E-state index contributed by atoms with van der Waals surface area (Å²) in [4.78, 5) is 0. The first kappa shape index (κ1) is 21.9. The van der Waals surface area contributed by atoms with Crippen LogP contribution in [0.5, 0.6) is 11.5 Å². The van der Waals surface area contributed by atoms with E-state index in [9.17, 15) is 8.78 Å². The zero-order chi connectivity index (χ0) is 21.6. The van der Waals surface area contributed by atoms with Crippen molar-refractivity contribution in [3.8, 4) is 11.5 Å². The number of allylic oxidation sites excluding steroid dienone is 1. The molecule has 0 saturated carbocycles. The highest BCUT2D eigenvalue weighted by atomic mass is 19.1. The molecular formula is C21H24F2N4O2. The van der Waals surface area contributed by atoms with Gasteiger partial charge in [-0.25, -0.2) is 8.78 Å². The zero-order valence-electron chi connectivity index (χ0n) is 16.3. The Morgan fingerprint density at radius 1 is 0.966 bits per heavy atom. The molecule has 0 unspecified atom stereocenters. The number of ether oxygens (including phenoxy) is 2. The molecular weight excluding hydrogens is 378 g/mol. The van der Waals surface area contributed by atoms with E-state index in [1.165, 1.54) is 24.3 Å². The molecule has 0 radical (unpaired) electrons. The Balaban J connectivity index is 2.28. The van der Waals surface area contributed by atoms with Gasteiger partial charge in [-0.15, -0.1) is 0 Å². The summed E-state index contributed by atoms with van der Waals surface area (Å²) in [5.41, 5.74) is 12.2. The van der Waals surface area contributed by atoms with E-state index in [-0.39, 0.29) is 40.7 Å². The number of nitrogen functional groups attached to an aromatic ring is 2. The number of nitrogens with one attached hydrogen (secondary N) is 2. The van der Waals surface area contributed by atoms with Crippen molar-refractivity contribution < 1.29 is 18.3 Å². The maximum absolute atomic E-state index is 14.3. The molecule has 2 aromatic carbocycles. The molecule has 0 aliphatic rings. The summed E-state index contributed by atoms with van der Waals surface area (Å²) < 4.78 is 39.9. The molecule has 0 aliphatic heterocycles. The van der Waals surface area contributed by atoms with Crippen LogP contribution in [0.2, 0.25) is 0 Å². The Kier molecular flexibility index (Phi) is 7.30. The van der Waals surface area contributed by atoms with E-state index in [0.717, 1.165) is 24.1 Å². The third-order valence-corrected chi connectivity index (χ3v) is 4.22.